The van der Waals surface area contributed by atoms with Gasteiger partial charge < -0.3 is 10.2 Å². The van der Waals surface area contributed by atoms with E-state index in [9.17, 15) is 18.8 Å². The average Bonchev–Trinajstić information content (AvgIpc) is 2.86. The number of amides is 4. The molecule has 0 bridgehead atoms. The summed E-state index contributed by atoms with van der Waals surface area (Å²) in [5, 5.41) is 2.68. The van der Waals surface area contributed by atoms with Crippen molar-refractivity contribution in [2.75, 3.05) is 14.1 Å². The fourth-order valence-corrected chi connectivity index (χ4v) is 3.01. The van der Waals surface area contributed by atoms with Crippen LogP contribution in [0.2, 0.25) is 0 Å². The van der Waals surface area contributed by atoms with Gasteiger partial charge in [-0.15, -0.1) is 0 Å². The van der Waals surface area contributed by atoms with E-state index in [2.05, 4.69) is 5.32 Å². The van der Waals surface area contributed by atoms with Crippen LogP contribution in [0, 0.1) is 5.82 Å². The van der Waals surface area contributed by atoms with Gasteiger partial charge in [0.2, 0.25) is 0 Å². The third kappa shape index (κ3) is 3.40. The number of rotatable bonds is 4. The molecule has 1 fully saturated rings. The first-order chi connectivity index (χ1) is 12.7. The van der Waals surface area contributed by atoms with Crippen molar-refractivity contribution in [1.29, 1.82) is 0 Å². The second kappa shape index (κ2) is 6.83. The Morgan fingerprint density at radius 2 is 1.67 bits per heavy atom. The zero-order valence-corrected chi connectivity index (χ0v) is 15.3. The van der Waals surface area contributed by atoms with Crippen LogP contribution in [0.15, 0.2) is 48.5 Å². The number of hydrogen-bond acceptors (Lipinski definition) is 3. The smallest absolute Gasteiger partial charge is 0.325 e. The third-order valence-electron chi connectivity index (χ3n) is 4.64. The molecule has 4 amide bonds. The Hall–Kier alpha value is -3.22. The van der Waals surface area contributed by atoms with Crippen LogP contribution >= 0.6 is 0 Å². The molecule has 1 atom stereocenters. The van der Waals surface area contributed by atoms with E-state index in [4.69, 9.17) is 0 Å². The molecule has 0 aromatic heterocycles. The van der Waals surface area contributed by atoms with Crippen molar-refractivity contribution in [1.82, 2.24) is 15.1 Å². The van der Waals surface area contributed by atoms with Crippen LogP contribution in [0.1, 0.15) is 28.4 Å². The number of carbonyl (C=O) groups is 3. The highest BCUT2D eigenvalue weighted by Gasteiger charge is 2.48. The molecule has 1 aliphatic heterocycles. The van der Waals surface area contributed by atoms with Gasteiger partial charge >= 0.3 is 6.03 Å². The first-order valence-corrected chi connectivity index (χ1v) is 8.43. The Morgan fingerprint density at radius 1 is 1.07 bits per heavy atom. The van der Waals surface area contributed by atoms with E-state index >= 15 is 0 Å². The van der Waals surface area contributed by atoms with E-state index in [0.717, 1.165) is 10.5 Å². The summed E-state index contributed by atoms with van der Waals surface area (Å²) in [6, 6.07) is 11.7. The van der Waals surface area contributed by atoms with E-state index in [1.165, 1.54) is 29.2 Å². The van der Waals surface area contributed by atoms with Crippen molar-refractivity contribution in [2.45, 2.75) is 19.0 Å². The Balaban J connectivity index is 1.80. The Bertz CT molecular complexity index is 894. The summed E-state index contributed by atoms with van der Waals surface area (Å²) in [4.78, 5) is 39.8. The molecule has 3 rings (SSSR count). The normalized spacial score (nSPS) is 19.2. The molecule has 0 radical (unpaired) electrons. The monoisotopic (exact) mass is 369 g/mol. The zero-order chi connectivity index (χ0) is 19.8. The van der Waals surface area contributed by atoms with Crippen molar-refractivity contribution >= 4 is 17.8 Å². The summed E-state index contributed by atoms with van der Waals surface area (Å²) < 4.78 is 13.2. The van der Waals surface area contributed by atoms with Gasteiger partial charge in [-0.05, 0) is 42.3 Å². The highest BCUT2D eigenvalue weighted by Crippen LogP contribution is 2.30. The van der Waals surface area contributed by atoms with E-state index in [1.807, 2.05) is 0 Å². The largest absolute Gasteiger partial charge is 0.345 e. The number of nitrogens with zero attached hydrogens (tertiary/aromatic N) is 2. The van der Waals surface area contributed by atoms with E-state index in [1.54, 1.807) is 45.3 Å². The molecule has 1 N–H and O–H groups in total. The zero-order valence-electron chi connectivity index (χ0n) is 15.3. The fourth-order valence-electron chi connectivity index (χ4n) is 3.01. The lowest BCUT2D eigenvalue weighted by Gasteiger charge is -2.22. The number of imide groups is 1. The predicted molar refractivity (Wildman–Crippen MR) is 97.3 cm³/mol. The lowest BCUT2D eigenvalue weighted by atomic mass is 9.92. The molecule has 27 heavy (non-hydrogen) atoms. The Labute approximate surface area is 156 Å². The van der Waals surface area contributed by atoms with Crippen LogP contribution in [0.25, 0.3) is 0 Å². The molecule has 7 heteroatoms. The lowest BCUT2D eigenvalue weighted by Crippen LogP contribution is -2.40. The first kappa shape index (κ1) is 18.6. The highest BCUT2D eigenvalue weighted by atomic mass is 19.1. The molecule has 1 saturated heterocycles. The molecule has 0 spiro atoms. The maximum atomic E-state index is 13.2. The maximum Gasteiger partial charge on any atom is 0.325 e. The van der Waals surface area contributed by atoms with Crippen molar-refractivity contribution in [3.05, 3.63) is 71.0 Å². The third-order valence-corrected chi connectivity index (χ3v) is 4.64. The van der Waals surface area contributed by atoms with Crippen molar-refractivity contribution in [2.24, 2.45) is 0 Å². The summed E-state index contributed by atoms with van der Waals surface area (Å²) in [5.41, 5.74) is 0.511. The minimum atomic E-state index is -1.24. The topological polar surface area (TPSA) is 69.7 Å². The summed E-state index contributed by atoms with van der Waals surface area (Å²) in [7, 11) is 3.33. The lowest BCUT2D eigenvalue weighted by molar-refractivity contribution is -0.131. The first-order valence-electron chi connectivity index (χ1n) is 8.43. The predicted octanol–water partition coefficient (Wildman–Crippen LogP) is 2.49. The number of carbonyl (C=O) groups excluding carboxylic acids is 3. The Morgan fingerprint density at radius 3 is 2.22 bits per heavy atom. The van der Waals surface area contributed by atoms with Gasteiger partial charge in [0.25, 0.3) is 11.8 Å². The second-order valence-electron chi connectivity index (χ2n) is 6.85. The molecular formula is C20H20FN3O3. The molecule has 2 aromatic carbocycles. The van der Waals surface area contributed by atoms with Gasteiger partial charge in [-0.25, -0.2) is 9.18 Å². The fraction of sp³-hybridized carbons (Fsp3) is 0.250. The van der Waals surface area contributed by atoms with Crippen molar-refractivity contribution < 1.29 is 18.8 Å². The Kier molecular flexibility index (Phi) is 4.70. The standard InChI is InChI=1S/C20H20FN3O3/c1-20(15-8-10-16(21)11-9-15)18(26)24(19(27)22-20)12-13-4-6-14(7-5-13)17(25)23(2)3/h4-11H,12H2,1-3H3,(H,22,27). The van der Waals surface area contributed by atoms with Gasteiger partial charge in [0, 0.05) is 19.7 Å². The molecule has 1 heterocycles. The van der Waals surface area contributed by atoms with Gasteiger partial charge in [-0.3, -0.25) is 14.5 Å². The maximum absolute atomic E-state index is 13.2. The number of halogens is 1. The highest BCUT2D eigenvalue weighted by molar-refractivity contribution is 6.07. The second-order valence-corrected chi connectivity index (χ2v) is 6.85. The molecular weight excluding hydrogens is 349 g/mol. The summed E-state index contributed by atoms with van der Waals surface area (Å²) in [6.07, 6.45) is 0. The van der Waals surface area contributed by atoms with Gasteiger partial charge in [0.1, 0.15) is 11.4 Å². The molecule has 140 valence electrons. The van der Waals surface area contributed by atoms with Gasteiger partial charge in [0.05, 0.1) is 6.54 Å². The van der Waals surface area contributed by atoms with Crippen LogP contribution in [-0.4, -0.2) is 41.7 Å². The number of nitrogens with one attached hydrogen (secondary N) is 1. The minimum Gasteiger partial charge on any atom is -0.345 e. The van der Waals surface area contributed by atoms with Crippen LogP contribution < -0.4 is 5.32 Å². The number of hydrogen-bond donors (Lipinski definition) is 1. The molecule has 0 aliphatic carbocycles. The summed E-state index contributed by atoms with van der Waals surface area (Å²) in [6.45, 7) is 1.68. The molecule has 1 aliphatic rings. The molecule has 1 unspecified atom stereocenters. The van der Waals surface area contributed by atoms with Gasteiger partial charge in [-0.2, -0.15) is 0 Å². The quantitative estimate of drug-likeness (QED) is 0.842. The van der Waals surface area contributed by atoms with Crippen LogP contribution in [0.5, 0.6) is 0 Å². The summed E-state index contributed by atoms with van der Waals surface area (Å²) in [5.74, 6) is -0.948. The number of urea groups is 1. The SMILES string of the molecule is CN(C)C(=O)c1ccc(CN2C(=O)NC(C)(c3ccc(F)cc3)C2=O)cc1. The average molecular weight is 369 g/mol. The molecule has 2 aromatic rings. The van der Waals surface area contributed by atoms with E-state index < -0.39 is 23.3 Å². The van der Waals surface area contributed by atoms with Crippen LogP contribution in [-0.2, 0) is 16.9 Å². The van der Waals surface area contributed by atoms with Gasteiger partial charge in [-0.1, -0.05) is 24.3 Å². The van der Waals surface area contributed by atoms with Crippen molar-refractivity contribution in [3.63, 3.8) is 0 Å². The van der Waals surface area contributed by atoms with Crippen molar-refractivity contribution in [3.8, 4) is 0 Å². The van der Waals surface area contributed by atoms with Crippen LogP contribution in [0.4, 0.5) is 9.18 Å². The summed E-state index contributed by atoms with van der Waals surface area (Å²) >= 11 is 0. The van der Waals surface area contributed by atoms with Crippen LogP contribution in [0.3, 0.4) is 0 Å². The molecule has 6 nitrogen and oxygen atoms in total. The van der Waals surface area contributed by atoms with Gasteiger partial charge in [0.15, 0.2) is 0 Å². The van der Waals surface area contributed by atoms with E-state index in [-0.39, 0.29) is 12.5 Å². The number of benzene rings is 2. The van der Waals surface area contributed by atoms with E-state index in [0.29, 0.717) is 11.1 Å². The molecule has 0 saturated carbocycles. The minimum absolute atomic E-state index is 0.0812.